The van der Waals surface area contributed by atoms with Crippen molar-refractivity contribution in [1.29, 1.82) is 0 Å². The van der Waals surface area contributed by atoms with Gasteiger partial charge in [0.2, 0.25) is 5.91 Å². The highest BCUT2D eigenvalue weighted by molar-refractivity contribution is 5.76. The molecule has 19 heavy (non-hydrogen) atoms. The highest BCUT2D eigenvalue weighted by atomic mass is 16.2. The normalized spacial score (nSPS) is 26.9. The van der Waals surface area contributed by atoms with Gasteiger partial charge >= 0.3 is 0 Å². The molecular weight excluding hydrogens is 242 g/mol. The summed E-state index contributed by atoms with van der Waals surface area (Å²) in [5.41, 5.74) is 12.8. The van der Waals surface area contributed by atoms with E-state index in [9.17, 15) is 4.79 Å². The summed E-state index contributed by atoms with van der Waals surface area (Å²) in [4.78, 5) is 14.1. The van der Waals surface area contributed by atoms with Crippen LogP contribution in [0.5, 0.6) is 0 Å². The van der Waals surface area contributed by atoms with Crippen molar-refractivity contribution in [2.75, 3.05) is 18.8 Å². The maximum absolute atomic E-state index is 12.3. The molecule has 1 saturated carbocycles. The van der Waals surface area contributed by atoms with Gasteiger partial charge in [-0.05, 0) is 31.6 Å². The molecule has 6 nitrogen and oxygen atoms in total. The zero-order valence-electron chi connectivity index (χ0n) is 11.2. The molecule has 0 aromatic carbocycles. The summed E-state index contributed by atoms with van der Waals surface area (Å²) in [7, 11) is 0. The second kappa shape index (κ2) is 4.52. The first kappa shape index (κ1) is 12.5. The van der Waals surface area contributed by atoms with Gasteiger partial charge in [-0.3, -0.25) is 4.79 Å². The Balaban J connectivity index is 1.63. The molecule has 1 aromatic rings. The van der Waals surface area contributed by atoms with E-state index in [2.05, 4.69) is 5.10 Å². The number of rotatable bonds is 3. The number of nitrogens with two attached hydrogens (primary N) is 2. The lowest BCUT2D eigenvalue weighted by atomic mass is 9.99. The van der Waals surface area contributed by atoms with Gasteiger partial charge < -0.3 is 16.4 Å². The fourth-order valence-electron chi connectivity index (χ4n) is 3.00. The van der Waals surface area contributed by atoms with Crippen LogP contribution in [0.1, 0.15) is 18.5 Å². The van der Waals surface area contributed by atoms with Crippen LogP contribution in [0.4, 0.5) is 5.82 Å². The minimum Gasteiger partial charge on any atom is -0.384 e. The highest BCUT2D eigenvalue weighted by Gasteiger charge is 2.42. The number of carbonyl (C=O) groups excluding carboxylic acids is 1. The van der Waals surface area contributed by atoms with Gasteiger partial charge in [0.1, 0.15) is 12.4 Å². The van der Waals surface area contributed by atoms with Gasteiger partial charge in [-0.2, -0.15) is 5.10 Å². The summed E-state index contributed by atoms with van der Waals surface area (Å²) in [5, 5.41) is 4.22. The Morgan fingerprint density at radius 3 is 2.79 bits per heavy atom. The van der Waals surface area contributed by atoms with Gasteiger partial charge in [0.05, 0.1) is 5.69 Å². The Bertz CT molecular complexity index is 493. The Morgan fingerprint density at radius 2 is 2.21 bits per heavy atom. The standard InChI is InChI=1S/C13H21N5O/c1-8-4-12(15)18(16-8)7-13(19)17-5-10(9-2-3-9)11(14)6-17/h4,9-11H,2-3,5-7,14-15H2,1H3/t10-,11+/m0/s1. The molecule has 0 unspecified atom stereocenters. The Labute approximate surface area is 112 Å². The van der Waals surface area contributed by atoms with Gasteiger partial charge in [0, 0.05) is 25.2 Å². The van der Waals surface area contributed by atoms with Crippen molar-refractivity contribution in [1.82, 2.24) is 14.7 Å². The summed E-state index contributed by atoms with van der Waals surface area (Å²) < 4.78 is 1.56. The lowest BCUT2D eigenvalue weighted by Gasteiger charge is -2.16. The van der Waals surface area contributed by atoms with E-state index in [4.69, 9.17) is 11.5 Å². The molecule has 2 fully saturated rings. The Kier molecular flexibility index (Phi) is 2.97. The fourth-order valence-corrected chi connectivity index (χ4v) is 3.00. The third-order valence-electron chi connectivity index (χ3n) is 4.21. The maximum atomic E-state index is 12.3. The van der Waals surface area contributed by atoms with Crippen LogP contribution in [-0.2, 0) is 11.3 Å². The number of carbonyl (C=O) groups is 1. The van der Waals surface area contributed by atoms with Crippen molar-refractivity contribution in [3.8, 4) is 0 Å². The molecule has 2 atom stereocenters. The third kappa shape index (κ3) is 2.45. The van der Waals surface area contributed by atoms with E-state index < -0.39 is 0 Å². The Morgan fingerprint density at radius 1 is 1.47 bits per heavy atom. The molecule has 1 aromatic heterocycles. The molecule has 0 bridgehead atoms. The van der Waals surface area contributed by atoms with Crippen LogP contribution >= 0.6 is 0 Å². The van der Waals surface area contributed by atoms with E-state index in [1.807, 2.05) is 11.8 Å². The summed E-state index contributed by atoms with van der Waals surface area (Å²) in [6.45, 7) is 3.54. The smallest absolute Gasteiger partial charge is 0.244 e. The van der Waals surface area contributed by atoms with E-state index in [1.54, 1.807) is 10.7 Å². The van der Waals surface area contributed by atoms with Crippen LogP contribution in [0.3, 0.4) is 0 Å². The lowest BCUT2D eigenvalue weighted by Crippen LogP contribution is -2.34. The molecular formula is C13H21N5O. The number of hydrogen-bond acceptors (Lipinski definition) is 4. The predicted octanol–water partition coefficient (Wildman–Crippen LogP) is -0.0306. The summed E-state index contributed by atoms with van der Waals surface area (Å²) in [6, 6.07) is 1.91. The lowest BCUT2D eigenvalue weighted by molar-refractivity contribution is -0.131. The SMILES string of the molecule is Cc1cc(N)n(CC(=O)N2C[C@@H](N)[C@H](C3CC3)C2)n1. The van der Waals surface area contributed by atoms with Crippen molar-refractivity contribution < 1.29 is 4.79 Å². The van der Waals surface area contributed by atoms with Gasteiger partial charge in [0.15, 0.2) is 0 Å². The van der Waals surface area contributed by atoms with Crippen molar-refractivity contribution in [2.24, 2.45) is 17.6 Å². The summed E-state index contributed by atoms with van der Waals surface area (Å²) in [6.07, 6.45) is 2.54. The number of aryl methyl sites for hydroxylation is 1. The van der Waals surface area contributed by atoms with Crippen LogP contribution in [0.2, 0.25) is 0 Å². The van der Waals surface area contributed by atoms with E-state index in [0.717, 1.165) is 18.2 Å². The van der Waals surface area contributed by atoms with Crippen molar-refractivity contribution in [3.63, 3.8) is 0 Å². The quantitative estimate of drug-likeness (QED) is 0.801. The van der Waals surface area contributed by atoms with Crippen molar-refractivity contribution in [2.45, 2.75) is 32.4 Å². The molecule has 1 aliphatic carbocycles. The summed E-state index contributed by atoms with van der Waals surface area (Å²) in [5.74, 6) is 1.83. The number of aromatic nitrogens is 2. The fraction of sp³-hybridized carbons (Fsp3) is 0.692. The molecule has 104 valence electrons. The molecule has 1 amide bonds. The number of hydrogen-bond donors (Lipinski definition) is 2. The van der Waals surface area contributed by atoms with Crippen molar-refractivity contribution >= 4 is 11.7 Å². The van der Waals surface area contributed by atoms with Gasteiger partial charge in [-0.15, -0.1) is 0 Å². The van der Waals surface area contributed by atoms with E-state index in [0.29, 0.717) is 18.3 Å². The van der Waals surface area contributed by atoms with Crippen LogP contribution in [-0.4, -0.2) is 39.7 Å². The van der Waals surface area contributed by atoms with Crippen molar-refractivity contribution in [3.05, 3.63) is 11.8 Å². The highest BCUT2D eigenvalue weighted by Crippen LogP contribution is 2.40. The monoisotopic (exact) mass is 263 g/mol. The van der Waals surface area contributed by atoms with E-state index >= 15 is 0 Å². The minimum absolute atomic E-state index is 0.0633. The Hall–Kier alpha value is -1.56. The molecule has 0 radical (unpaired) electrons. The number of likely N-dealkylation sites (tertiary alicyclic amines) is 1. The molecule has 6 heteroatoms. The molecule has 2 heterocycles. The number of amides is 1. The first-order valence-corrected chi connectivity index (χ1v) is 6.88. The topological polar surface area (TPSA) is 90.2 Å². The van der Waals surface area contributed by atoms with Crippen LogP contribution in [0, 0.1) is 18.8 Å². The zero-order valence-corrected chi connectivity index (χ0v) is 11.2. The zero-order chi connectivity index (χ0) is 13.6. The summed E-state index contributed by atoms with van der Waals surface area (Å²) >= 11 is 0. The second-order valence-electron chi connectivity index (χ2n) is 5.83. The first-order valence-electron chi connectivity index (χ1n) is 6.88. The number of anilines is 1. The molecule has 2 aliphatic rings. The number of nitrogen functional groups attached to an aromatic ring is 1. The van der Waals surface area contributed by atoms with Gasteiger partial charge in [0.25, 0.3) is 0 Å². The first-order chi connectivity index (χ1) is 9.04. The largest absolute Gasteiger partial charge is 0.384 e. The molecule has 1 aliphatic heterocycles. The van der Waals surface area contributed by atoms with Crippen LogP contribution in [0.25, 0.3) is 0 Å². The van der Waals surface area contributed by atoms with Crippen LogP contribution < -0.4 is 11.5 Å². The maximum Gasteiger partial charge on any atom is 0.244 e. The molecule has 3 rings (SSSR count). The average Bonchev–Trinajstić information content (AvgIpc) is 3.04. The molecule has 0 spiro atoms. The van der Waals surface area contributed by atoms with Gasteiger partial charge in [-0.25, -0.2) is 4.68 Å². The molecule has 1 saturated heterocycles. The second-order valence-corrected chi connectivity index (χ2v) is 5.83. The average molecular weight is 263 g/mol. The van der Waals surface area contributed by atoms with Crippen LogP contribution in [0.15, 0.2) is 6.07 Å². The van der Waals surface area contributed by atoms with Gasteiger partial charge in [-0.1, -0.05) is 0 Å². The minimum atomic E-state index is 0.0633. The predicted molar refractivity (Wildman–Crippen MR) is 72.1 cm³/mol. The van der Waals surface area contributed by atoms with E-state index in [1.165, 1.54) is 12.8 Å². The number of nitrogens with zero attached hydrogens (tertiary/aromatic N) is 3. The van der Waals surface area contributed by atoms with E-state index in [-0.39, 0.29) is 18.5 Å². The third-order valence-corrected chi connectivity index (χ3v) is 4.21. The molecule has 4 N–H and O–H groups in total.